The smallest absolute Gasteiger partial charge is 0.119 e. The first-order valence-electron chi connectivity index (χ1n) is 9.61. The molecule has 2 aliphatic rings. The molecule has 0 spiro atoms. The summed E-state index contributed by atoms with van der Waals surface area (Å²) in [6.07, 6.45) is 1.60. The standard InChI is InChI=1S/C23H28FN/c1-3-23-14-20(23)22(21(24)17(23)2)25(15-18-10-6-4-7-11-18)16-19-12-8-5-9-13-19/h4-13,17,20-22H,3,14-16H2,1-2H3/t17-,20+,21+,22+,23-/m0/s1. The highest BCUT2D eigenvalue weighted by Crippen LogP contribution is 2.70. The van der Waals surface area contributed by atoms with Crippen LogP contribution in [0.2, 0.25) is 0 Å². The van der Waals surface area contributed by atoms with Crippen LogP contribution in [0.1, 0.15) is 37.8 Å². The predicted octanol–water partition coefficient (Wildman–Crippen LogP) is 5.46. The van der Waals surface area contributed by atoms with E-state index in [0.717, 1.165) is 19.5 Å². The minimum atomic E-state index is -0.717. The summed E-state index contributed by atoms with van der Waals surface area (Å²) in [5.74, 6) is 0.705. The summed E-state index contributed by atoms with van der Waals surface area (Å²) in [4.78, 5) is 2.40. The van der Waals surface area contributed by atoms with E-state index in [1.165, 1.54) is 17.5 Å². The molecule has 0 unspecified atom stereocenters. The van der Waals surface area contributed by atoms with Crippen LogP contribution in [-0.2, 0) is 13.1 Å². The lowest BCUT2D eigenvalue weighted by Crippen LogP contribution is -2.42. The zero-order valence-electron chi connectivity index (χ0n) is 15.2. The first kappa shape index (κ1) is 16.8. The normalized spacial score (nSPS) is 33.4. The molecule has 2 aromatic rings. The van der Waals surface area contributed by atoms with Gasteiger partial charge in [-0.25, -0.2) is 4.39 Å². The highest BCUT2D eigenvalue weighted by Gasteiger charge is 2.69. The molecule has 0 bridgehead atoms. The number of benzene rings is 2. The third-order valence-corrected chi connectivity index (χ3v) is 6.84. The number of hydrogen-bond acceptors (Lipinski definition) is 1. The van der Waals surface area contributed by atoms with Gasteiger partial charge < -0.3 is 0 Å². The molecule has 0 saturated heterocycles. The number of halogens is 1. The number of fused-ring (bicyclic) bond motifs is 1. The van der Waals surface area contributed by atoms with Gasteiger partial charge in [-0.05, 0) is 41.2 Å². The van der Waals surface area contributed by atoms with Crippen molar-refractivity contribution in [2.45, 2.75) is 52.0 Å². The molecule has 2 aromatic carbocycles. The minimum absolute atomic E-state index is 0.0513. The predicted molar refractivity (Wildman–Crippen MR) is 101 cm³/mol. The van der Waals surface area contributed by atoms with Crippen molar-refractivity contribution in [3.8, 4) is 0 Å². The van der Waals surface area contributed by atoms with E-state index >= 15 is 4.39 Å². The first-order chi connectivity index (χ1) is 12.2. The molecule has 25 heavy (non-hydrogen) atoms. The molecule has 0 aliphatic heterocycles. The number of alkyl halides is 1. The molecular weight excluding hydrogens is 309 g/mol. The van der Waals surface area contributed by atoms with Gasteiger partial charge in [-0.3, -0.25) is 4.90 Å². The van der Waals surface area contributed by atoms with E-state index in [2.05, 4.69) is 67.3 Å². The Balaban J connectivity index is 1.61. The van der Waals surface area contributed by atoms with Crippen LogP contribution in [-0.4, -0.2) is 17.1 Å². The van der Waals surface area contributed by atoms with Crippen LogP contribution in [0.4, 0.5) is 4.39 Å². The van der Waals surface area contributed by atoms with Gasteiger partial charge in [0.2, 0.25) is 0 Å². The molecule has 0 N–H and O–H groups in total. The maximum atomic E-state index is 15.3. The van der Waals surface area contributed by atoms with Gasteiger partial charge in [0.05, 0.1) is 0 Å². The zero-order chi connectivity index (χ0) is 17.4. The van der Waals surface area contributed by atoms with E-state index in [4.69, 9.17) is 0 Å². The molecule has 4 rings (SSSR count). The maximum absolute atomic E-state index is 15.3. The van der Waals surface area contributed by atoms with Crippen LogP contribution in [0.15, 0.2) is 60.7 Å². The van der Waals surface area contributed by atoms with Crippen LogP contribution >= 0.6 is 0 Å². The van der Waals surface area contributed by atoms with Gasteiger partial charge in [0.1, 0.15) is 6.17 Å². The second-order valence-electron chi connectivity index (χ2n) is 8.00. The molecule has 1 nitrogen and oxygen atoms in total. The van der Waals surface area contributed by atoms with Crippen molar-refractivity contribution in [3.05, 3.63) is 71.8 Å². The van der Waals surface area contributed by atoms with Crippen molar-refractivity contribution in [3.63, 3.8) is 0 Å². The molecule has 5 atom stereocenters. The molecule has 0 heterocycles. The SMILES string of the molecule is CC[C@@]12C[C@@H]1[C@@H](N(Cc1ccccc1)Cc1ccccc1)[C@H](F)[C@@H]2C. The van der Waals surface area contributed by atoms with Gasteiger partial charge in [0.15, 0.2) is 0 Å². The molecule has 2 aliphatic carbocycles. The average molecular weight is 337 g/mol. The van der Waals surface area contributed by atoms with Crippen molar-refractivity contribution in [1.82, 2.24) is 4.90 Å². The van der Waals surface area contributed by atoms with Crippen LogP contribution in [0.25, 0.3) is 0 Å². The van der Waals surface area contributed by atoms with E-state index < -0.39 is 6.17 Å². The summed E-state index contributed by atoms with van der Waals surface area (Å²) in [5, 5.41) is 0. The van der Waals surface area contributed by atoms with E-state index in [0.29, 0.717) is 5.92 Å². The van der Waals surface area contributed by atoms with E-state index in [9.17, 15) is 0 Å². The Bertz CT molecular complexity index is 659. The molecular formula is C23H28FN. The Hall–Kier alpha value is -1.67. The molecule has 0 aromatic heterocycles. The Kier molecular flexibility index (Phi) is 4.41. The van der Waals surface area contributed by atoms with Gasteiger partial charge in [-0.1, -0.05) is 74.5 Å². The molecule has 0 radical (unpaired) electrons. The summed E-state index contributed by atoms with van der Waals surface area (Å²) in [6, 6.07) is 21.1. The van der Waals surface area contributed by atoms with Gasteiger partial charge in [0, 0.05) is 19.1 Å². The van der Waals surface area contributed by atoms with Crippen molar-refractivity contribution in [2.75, 3.05) is 0 Å². The Labute approximate surface area is 150 Å². The third-order valence-electron chi connectivity index (χ3n) is 6.84. The fourth-order valence-corrected chi connectivity index (χ4v) is 5.26. The van der Waals surface area contributed by atoms with Gasteiger partial charge in [0.25, 0.3) is 0 Å². The van der Waals surface area contributed by atoms with Crippen LogP contribution in [0, 0.1) is 17.3 Å². The second-order valence-corrected chi connectivity index (χ2v) is 8.00. The lowest BCUT2D eigenvalue weighted by atomic mass is 9.88. The van der Waals surface area contributed by atoms with Crippen molar-refractivity contribution in [1.29, 1.82) is 0 Å². The quantitative estimate of drug-likeness (QED) is 0.676. The Morgan fingerprint density at radius 3 is 1.92 bits per heavy atom. The highest BCUT2D eigenvalue weighted by atomic mass is 19.1. The summed E-state index contributed by atoms with van der Waals surface area (Å²) >= 11 is 0. The molecule has 2 fully saturated rings. The molecule has 2 heteroatoms. The summed E-state index contributed by atoms with van der Waals surface area (Å²) in [6.45, 7) is 6.02. The fourth-order valence-electron chi connectivity index (χ4n) is 5.26. The fraction of sp³-hybridized carbons (Fsp3) is 0.478. The number of hydrogen-bond donors (Lipinski definition) is 0. The van der Waals surface area contributed by atoms with Crippen LogP contribution in [0.3, 0.4) is 0 Å². The third kappa shape index (κ3) is 2.91. The van der Waals surface area contributed by atoms with Crippen molar-refractivity contribution in [2.24, 2.45) is 17.3 Å². The van der Waals surface area contributed by atoms with E-state index in [1.807, 2.05) is 12.1 Å². The highest BCUT2D eigenvalue weighted by molar-refractivity contribution is 5.23. The van der Waals surface area contributed by atoms with Gasteiger partial charge in [-0.2, -0.15) is 0 Å². The van der Waals surface area contributed by atoms with Crippen molar-refractivity contribution < 1.29 is 4.39 Å². The monoisotopic (exact) mass is 337 g/mol. The maximum Gasteiger partial charge on any atom is 0.119 e. The lowest BCUT2D eigenvalue weighted by molar-refractivity contribution is 0.0778. The zero-order valence-corrected chi connectivity index (χ0v) is 15.2. The summed E-state index contributed by atoms with van der Waals surface area (Å²) in [5.41, 5.74) is 2.80. The number of rotatable bonds is 6. The molecule has 0 amide bonds. The largest absolute Gasteiger partial charge is 0.289 e. The van der Waals surface area contributed by atoms with Crippen molar-refractivity contribution >= 4 is 0 Å². The minimum Gasteiger partial charge on any atom is -0.289 e. The first-order valence-corrected chi connectivity index (χ1v) is 9.61. The van der Waals surface area contributed by atoms with Crippen LogP contribution in [0.5, 0.6) is 0 Å². The average Bonchev–Trinajstić information content (AvgIpc) is 3.33. The Morgan fingerprint density at radius 1 is 0.960 bits per heavy atom. The molecule has 2 saturated carbocycles. The van der Waals surface area contributed by atoms with Crippen LogP contribution < -0.4 is 0 Å². The summed E-state index contributed by atoms with van der Waals surface area (Å²) in [7, 11) is 0. The van der Waals surface area contributed by atoms with Gasteiger partial charge in [-0.15, -0.1) is 0 Å². The lowest BCUT2D eigenvalue weighted by Gasteiger charge is -2.33. The van der Waals surface area contributed by atoms with Gasteiger partial charge >= 0.3 is 0 Å². The Morgan fingerprint density at radius 2 is 1.48 bits per heavy atom. The van der Waals surface area contributed by atoms with E-state index in [1.54, 1.807) is 0 Å². The topological polar surface area (TPSA) is 3.24 Å². The second kappa shape index (κ2) is 6.57. The summed E-state index contributed by atoms with van der Waals surface area (Å²) < 4.78 is 15.3. The number of nitrogens with zero attached hydrogens (tertiary/aromatic N) is 1. The van der Waals surface area contributed by atoms with E-state index in [-0.39, 0.29) is 17.4 Å². The molecule has 132 valence electrons.